The molecule has 2 atom stereocenters. The molecule has 1 N–H and O–H groups in total. The maximum atomic E-state index is 10.3. The van der Waals surface area contributed by atoms with Crippen molar-refractivity contribution in [2.45, 2.75) is 59.1 Å². The van der Waals surface area contributed by atoms with Gasteiger partial charge >= 0.3 is 0 Å². The monoisotopic (exact) mass is 249 g/mol. The molecule has 0 saturated carbocycles. The second-order valence-electron chi connectivity index (χ2n) is 4.90. The van der Waals surface area contributed by atoms with Gasteiger partial charge in [0.05, 0.1) is 12.1 Å². The number of benzene rings is 1. The minimum absolute atomic E-state index is 0.219. The van der Waals surface area contributed by atoms with Gasteiger partial charge in [-0.3, -0.25) is 0 Å². The van der Waals surface area contributed by atoms with Crippen molar-refractivity contribution in [1.82, 2.24) is 0 Å². The summed E-state index contributed by atoms with van der Waals surface area (Å²) < 4.78 is 0. The third kappa shape index (κ3) is 3.49. The van der Waals surface area contributed by atoms with Crippen LogP contribution < -0.4 is 4.90 Å². The van der Waals surface area contributed by atoms with Gasteiger partial charge in [0.25, 0.3) is 0 Å². The molecule has 2 heteroatoms. The largest absolute Gasteiger partial charge is 0.391 e. The molecule has 0 radical (unpaired) electrons. The van der Waals surface area contributed by atoms with Gasteiger partial charge < -0.3 is 10.0 Å². The highest BCUT2D eigenvalue weighted by atomic mass is 16.3. The Morgan fingerprint density at radius 1 is 1.17 bits per heavy atom. The molecule has 0 saturated heterocycles. The van der Waals surface area contributed by atoms with E-state index in [9.17, 15) is 5.11 Å². The van der Waals surface area contributed by atoms with Gasteiger partial charge in [0, 0.05) is 12.2 Å². The van der Waals surface area contributed by atoms with Gasteiger partial charge in [-0.15, -0.1) is 0 Å². The molecule has 1 rings (SSSR count). The fraction of sp³-hybridized carbons (Fsp3) is 0.625. The third-order valence-corrected chi connectivity index (χ3v) is 3.61. The summed E-state index contributed by atoms with van der Waals surface area (Å²) in [5.74, 6) is 0. The molecule has 1 aromatic carbocycles. The minimum Gasteiger partial charge on any atom is -0.391 e. The predicted octanol–water partition coefficient (Wildman–Crippen LogP) is 3.76. The van der Waals surface area contributed by atoms with Crippen LogP contribution in [0.1, 0.15) is 45.6 Å². The number of aliphatic hydroxyl groups is 1. The second kappa shape index (κ2) is 7.42. The summed E-state index contributed by atoms with van der Waals surface area (Å²) >= 11 is 0. The lowest BCUT2D eigenvalue weighted by molar-refractivity contribution is 0.128. The lowest BCUT2D eigenvalue weighted by Crippen LogP contribution is -2.43. The van der Waals surface area contributed by atoms with E-state index in [4.69, 9.17) is 0 Å². The van der Waals surface area contributed by atoms with Crippen molar-refractivity contribution in [2.24, 2.45) is 0 Å². The number of nitrogens with zero attached hydrogens (tertiary/aromatic N) is 1. The van der Waals surface area contributed by atoms with Crippen LogP contribution in [-0.2, 0) is 0 Å². The van der Waals surface area contributed by atoms with Gasteiger partial charge in [0.1, 0.15) is 0 Å². The van der Waals surface area contributed by atoms with Crippen molar-refractivity contribution in [3.63, 3.8) is 0 Å². The SMILES string of the molecule is CCCC(O)C(CC)N(CC)c1ccccc1C. The zero-order chi connectivity index (χ0) is 13.5. The minimum atomic E-state index is -0.237. The number of aliphatic hydroxyl groups excluding tert-OH is 1. The summed E-state index contributed by atoms with van der Waals surface area (Å²) in [5.41, 5.74) is 2.53. The Labute approximate surface area is 112 Å². The Hall–Kier alpha value is -1.02. The molecule has 18 heavy (non-hydrogen) atoms. The molecule has 0 amide bonds. The lowest BCUT2D eigenvalue weighted by Gasteiger charge is -2.36. The number of rotatable bonds is 7. The maximum Gasteiger partial charge on any atom is 0.0743 e. The average molecular weight is 249 g/mol. The molecule has 0 bridgehead atoms. The average Bonchev–Trinajstić information content (AvgIpc) is 2.37. The predicted molar refractivity (Wildman–Crippen MR) is 79.2 cm³/mol. The van der Waals surface area contributed by atoms with Crippen molar-refractivity contribution in [3.05, 3.63) is 29.8 Å². The van der Waals surface area contributed by atoms with E-state index in [0.29, 0.717) is 0 Å². The molecule has 0 aliphatic carbocycles. The first-order valence-electron chi connectivity index (χ1n) is 7.15. The van der Waals surface area contributed by atoms with Crippen LogP contribution in [0.4, 0.5) is 5.69 Å². The van der Waals surface area contributed by atoms with Gasteiger partial charge in [-0.1, -0.05) is 38.5 Å². The Kier molecular flexibility index (Phi) is 6.20. The van der Waals surface area contributed by atoms with Gasteiger partial charge in [-0.25, -0.2) is 0 Å². The molecular formula is C16H27NO. The summed E-state index contributed by atoms with van der Waals surface area (Å²) in [4.78, 5) is 2.34. The van der Waals surface area contributed by atoms with E-state index in [1.165, 1.54) is 11.3 Å². The van der Waals surface area contributed by atoms with Gasteiger partial charge in [0.15, 0.2) is 0 Å². The van der Waals surface area contributed by atoms with Crippen molar-refractivity contribution < 1.29 is 5.11 Å². The smallest absolute Gasteiger partial charge is 0.0743 e. The summed E-state index contributed by atoms with van der Waals surface area (Å²) in [6, 6.07) is 8.65. The summed E-state index contributed by atoms with van der Waals surface area (Å²) in [6.45, 7) is 9.51. The molecule has 0 fully saturated rings. The highest BCUT2D eigenvalue weighted by Crippen LogP contribution is 2.25. The quantitative estimate of drug-likeness (QED) is 0.795. The third-order valence-electron chi connectivity index (χ3n) is 3.61. The maximum absolute atomic E-state index is 10.3. The van der Waals surface area contributed by atoms with Crippen molar-refractivity contribution in [3.8, 4) is 0 Å². The van der Waals surface area contributed by atoms with Crippen LogP contribution in [0.5, 0.6) is 0 Å². The van der Waals surface area contributed by atoms with E-state index in [1.54, 1.807) is 0 Å². The fourth-order valence-corrected chi connectivity index (χ4v) is 2.66. The fourth-order valence-electron chi connectivity index (χ4n) is 2.66. The van der Waals surface area contributed by atoms with Gasteiger partial charge in [-0.05, 0) is 38.3 Å². The van der Waals surface area contributed by atoms with Crippen molar-refractivity contribution in [1.29, 1.82) is 0 Å². The molecule has 2 nitrogen and oxygen atoms in total. The Bertz CT molecular complexity index is 351. The highest BCUT2D eigenvalue weighted by Gasteiger charge is 2.23. The van der Waals surface area contributed by atoms with E-state index >= 15 is 0 Å². The molecule has 0 spiro atoms. The summed E-state index contributed by atoms with van der Waals surface area (Å²) in [6.07, 6.45) is 2.65. The van der Waals surface area contributed by atoms with Crippen LogP contribution in [0.15, 0.2) is 24.3 Å². The summed E-state index contributed by atoms with van der Waals surface area (Å²) in [7, 11) is 0. The van der Waals surface area contributed by atoms with E-state index in [0.717, 1.165) is 25.8 Å². The van der Waals surface area contributed by atoms with Crippen molar-refractivity contribution >= 4 is 5.69 Å². The molecular weight excluding hydrogens is 222 g/mol. The Balaban J connectivity index is 2.96. The van der Waals surface area contributed by atoms with Gasteiger partial charge in [0.2, 0.25) is 0 Å². The van der Waals surface area contributed by atoms with Crippen LogP contribution in [0, 0.1) is 6.92 Å². The lowest BCUT2D eigenvalue weighted by atomic mass is 10.0. The first-order chi connectivity index (χ1) is 8.65. The van der Waals surface area contributed by atoms with Gasteiger partial charge in [-0.2, -0.15) is 0 Å². The Morgan fingerprint density at radius 3 is 2.33 bits per heavy atom. The topological polar surface area (TPSA) is 23.5 Å². The number of aryl methyl sites for hydroxylation is 1. The molecule has 0 aromatic heterocycles. The molecule has 1 aromatic rings. The number of likely N-dealkylation sites (N-methyl/N-ethyl adjacent to an activating group) is 1. The summed E-state index contributed by atoms with van der Waals surface area (Å²) in [5, 5.41) is 10.3. The number of para-hydroxylation sites is 1. The first-order valence-corrected chi connectivity index (χ1v) is 7.15. The zero-order valence-corrected chi connectivity index (χ0v) is 12.2. The molecule has 0 aliphatic rings. The van der Waals surface area contributed by atoms with E-state index in [2.05, 4.69) is 56.9 Å². The molecule has 2 unspecified atom stereocenters. The number of hydrogen-bond acceptors (Lipinski definition) is 2. The Morgan fingerprint density at radius 2 is 1.83 bits per heavy atom. The molecule has 0 heterocycles. The van der Waals surface area contributed by atoms with Crippen LogP contribution in [0.25, 0.3) is 0 Å². The standard InChI is InChI=1S/C16H27NO/c1-5-10-16(18)14(6-2)17(7-3)15-12-9-8-11-13(15)4/h8-9,11-12,14,16,18H,5-7,10H2,1-4H3. The highest BCUT2D eigenvalue weighted by molar-refractivity contribution is 5.53. The number of hydrogen-bond donors (Lipinski definition) is 1. The van der Waals surface area contributed by atoms with Crippen LogP contribution in [-0.4, -0.2) is 23.8 Å². The number of anilines is 1. The van der Waals surface area contributed by atoms with E-state index < -0.39 is 0 Å². The second-order valence-corrected chi connectivity index (χ2v) is 4.90. The van der Waals surface area contributed by atoms with Crippen LogP contribution in [0.2, 0.25) is 0 Å². The van der Waals surface area contributed by atoms with Crippen LogP contribution in [0.3, 0.4) is 0 Å². The molecule has 102 valence electrons. The molecule has 0 aliphatic heterocycles. The van der Waals surface area contributed by atoms with Crippen LogP contribution >= 0.6 is 0 Å². The van der Waals surface area contributed by atoms with Crippen molar-refractivity contribution in [2.75, 3.05) is 11.4 Å². The normalized spacial score (nSPS) is 14.3. The van der Waals surface area contributed by atoms with E-state index in [1.807, 2.05) is 0 Å². The first kappa shape index (κ1) is 15.0. The van der Waals surface area contributed by atoms with E-state index in [-0.39, 0.29) is 12.1 Å². The zero-order valence-electron chi connectivity index (χ0n) is 12.2.